The molecule has 2 nitrogen and oxygen atoms in total. The summed E-state index contributed by atoms with van der Waals surface area (Å²) < 4.78 is 20.3. The van der Waals surface area contributed by atoms with Gasteiger partial charge in [-0.15, -0.1) is 0 Å². The maximum Gasteiger partial charge on any atom is 0.224 e. The molecule has 0 aliphatic heterocycles. The minimum atomic E-state index is -0.165. The molecule has 0 bridgehead atoms. The average Bonchev–Trinajstić information content (AvgIpc) is 3.28. The fourth-order valence-electron chi connectivity index (χ4n) is 7.34. The van der Waals surface area contributed by atoms with Crippen molar-refractivity contribution in [1.82, 2.24) is 4.40 Å². The highest BCUT2D eigenvalue weighted by atomic mass is 19.1. The molecule has 0 spiro atoms. The summed E-state index contributed by atoms with van der Waals surface area (Å²) in [5.74, 6) is 1.06. The van der Waals surface area contributed by atoms with Gasteiger partial charge < -0.3 is 4.40 Å². The molecule has 0 unspecified atom stereocenters. The SMILES string of the molecule is Cc1cc2c3c(F)cccc3n3c4cc(-c5c(C(C)C)cc(C(C)C)cc5C(C)C)cc5cc[n+](C)c(c(c1C)c23)c54. The lowest BCUT2D eigenvalue weighted by Crippen LogP contribution is -2.29. The van der Waals surface area contributed by atoms with Gasteiger partial charge in [0.15, 0.2) is 6.20 Å². The molecule has 3 heterocycles. The van der Waals surface area contributed by atoms with Crippen LogP contribution in [0.25, 0.3) is 60.1 Å². The Morgan fingerprint density at radius 3 is 2.07 bits per heavy atom. The highest BCUT2D eigenvalue weighted by molar-refractivity contribution is 6.26. The summed E-state index contributed by atoms with van der Waals surface area (Å²) >= 11 is 0. The number of hydrogen-bond donors (Lipinski definition) is 0. The van der Waals surface area contributed by atoms with E-state index < -0.39 is 0 Å². The van der Waals surface area contributed by atoms with Gasteiger partial charge in [0.1, 0.15) is 12.9 Å². The molecule has 0 aliphatic rings. The molecule has 3 aromatic heterocycles. The molecule has 0 amide bonds. The van der Waals surface area contributed by atoms with Crippen LogP contribution in [0.2, 0.25) is 0 Å². The van der Waals surface area contributed by atoms with E-state index in [1.54, 1.807) is 6.07 Å². The first kappa shape index (κ1) is 26.9. The number of pyridine rings is 2. The van der Waals surface area contributed by atoms with Crippen LogP contribution in [0.4, 0.5) is 4.39 Å². The van der Waals surface area contributed by atoms with E-state index in [1.807, 2.05) is 6.07 Å². The molecule has 0 aliphatic carbocycles. The third-order valence-electron chi connectivity index (χ3n) is 9.66. The predicted octanol–water partition coefficient (Wildman–Crippen LogP) is 10.6. The van der Waals surface area contributed by atoms with Gasteiger partial charge in [-0.25, -0.2) is 8.96 Å². The number of halogens is 1. The van der Waals surface area contributed by atoms with Gasteiger partial charge in [-0.3, -0.25) is 0 Å². The molecule has 7 rings (SSSR count). The number of benzene rings is 4. The molecule has 7 aromatic rings. The van der Waals surface area contributed by atoms with Crippen LogP contribution < -0.4 is 4.57 Å². The topological polar surface area (TPSA) is 8.29 Å². The van der Waals surface area contributed by atoms with Crippen molar-refractivity contribution in [3.05, 3.63) is 94.4 Å². The van der Waals surface area contributed by atoms with Crippen molar-refractivity contribution in [2.75, 3.05) is 0 Å². The van der Waals surface area contributed by atoms with Gasteiger partial charge in [0.2, 0.25) is 5.52 Å². The van der Waals surface area contributed by atoms with E-state index in [2.05, 4.69) is 120 Å². The molecule has 0 saturated carbocycles. The van der Waals surface area contributed by atoms with Crippen LogP contribution in [0.5, 0.6) is 0 Å². The van der Waals surface area contributed by atoms with Gasteiger partial charge in [0.25, 0.3) is 0 Å². The van der Waals surface area contributed by atoms with Crippen LogP contribution in [0.1, 0.15) is 87.1 Å². The number of rotatable bonds is 4. The predicted molar refractivity (Wildman–Crippen MR) is 177 cm³/mol. The van der Waals surface area contributed by atoms with E-state index in [1.165, 1.54) is 60.6 Å². The second-order valence-electron chi connectivity index (χ2n) is 13.3. The number of nitrogens with zero attached hydrogens (tertiary/aromatic N) is 2. The molecule has 0 atom stereocenters. The van der Waals surface area contributed by atoms with E-state index in [0.717, 1.165) is 21.9 Å². The van der Waals surface area contributed by atoms with Crippen LogP contribution >= 0.6 is 0 Å². The summed E-state index contributed by atoms with van der Waals surface area (Å²) in [5, 5.41) is 5.34. The van der Waals surface area contributed by atoms with Gasteiger partial charge in [0.05, 0.1) is 27.3 Å². The molecule has 0 saturated heterocycles. The molecule has 212 valence electrons. The second-order valence-corrected chi connectivity index (χ2v) is 13.3. The van der Waals surface area contributed by atoms with Gasteiger partial charge in [0, 0.05) is 16.8 Å². The van der Waals surface area contributed by atoms with E-state index in [4.69, 9.17) is 0 Å². The summed E-state index contributed by atoms with van der Waals surface area (Å²) in [4.78, 5) is 0. The Balaban J connectivity index is 1.76. The lowest BCUT2D eigenvalue weighted by molar-refractivity contribution is -0.643. The summed E-state index contributed by atoms with van der Waals surface area (Å²) in [5.41, 5.74) is 13.6. The van der Waals surface area contributed by atoms with Crippen molar-refractivity contribution in [2.24, 2.45) is 7.05 Å². The molecular weight excluding hydrogens is 515 g/mol. The first-order chi connectivity index (χ1) is 20.0. The van der Waals surface area contributed by atoms with Gasteiger partial charge in [-0.05, 0) is 106 Å². The Morgan fingerprint density at radius 1 is 0.738 bits per heavy atom. The van der Waals surface area contributed by atoms with Crippen molar-refractivity contribution in [3.63, 3.8) is 0 Å². The summed E-state index contributed by atoms with van der Waals surface area (Å²) in [7, 11) is 2.14. The molecule has 0 radical (unpaired) electrons. The minimum absolute atomic E-state index is 0.165. The number of aromatic nitrogens is 2. The van der Waals surface area contributed by atoms with Crippen molar-refractivity contribution < 1.29 is 8.96 Å². The quantitative estimate of drug-likeness (QED) is 0.116. The standard InChI is InChI=1S/C39H40FN2/c1-20(2)26-17-28(21(3)4)35(29(18-26)22(5)6)27-16-25-13-14-41(9)39-34-24(8)23(7)15-30-37-31(40)11-10-12-32(37)42(38(30)34)33(19-27)36(25)39/h10-22H,1-9H3/q+1. The van der Waals surface area contributed by atoms with Crippen LogP contribution in [-0.2, 0) is 7.05 Å². The average molecular weight is 556 g/mol. The first-order valence-electron chi connectivity index (χ1n) is 15.4. The number of hydrogen-bond acceptors (Lipinski definition) is 0. The normalized spacial score (nSPS) is 12.7. The fourth-order valence-corrected chi connectivity index (χ4v) is 7.34. The van der Waals surface area contributed by atoms with Crippen LogP contribution in [-0.4, -0.2) is 4.40 Å². The van der Waals surface area contributed by atoms with Crippen molar-refractivity contribution in [3.8, 4) is 11.1 Å². The van der Waals surface area contributed by atoms with E-state index >= 15 is 4.39 Å². The molecule has 42 heavy (non-hydrogen) atoms. The van der Waals surface area contributed by atoms with Crippen molar-refractivity contribution in [2.45, 2.75) is 73.1 Å². The van der Waals surface area contributed by atoms with E-state index in [9.17, 15) is 0 Å². The lowest BCUT2D eigenvalue weighted by atomic mass is 9.81. The summed E-state index contributed by atoms with van der Waals surface area (Å²) in [6.07, 6.45) is 2.19. The lowest BCUT2D eigenvalue weighted by Gasteiger charge is -2.24. The first-order valence-corrected chi connectivity index (χ1v) is 15.4. The van der Waals surface area contributed by atoms with Crippen LogP contribution in [0.15, 0.2) is 60.8 Å². The number of fused-ring (bicyclic) bond motifs is 5. The minimum Gasteiger partial charge on any atom is -0.307 e. The molecule has 3 heteroatoms. The smallest absolute Gasteiger partial charge is 0.224 e. The molecule has 0 N–H and O–H groups in total. The van der Waals surface area contributed by atoms with Crippen LogP contribution in [0, 0.1) is 19.7 Å². The zero-order chi connectivity index (χ0) is 29.8. The largest absolute Gasteiger partial charge is 0.307 e. The number of aryl methyl sites for hydroxylation is 3. The molecule has 0 fully saturated rings. The highest BCUT2D eigenvalue weighted by Crippen LogP contribution is 2.45. The Labute approximate surface area is 247 Å². The van der Waals surface area contributed by atoms with E-state index in [0.29, 0.717) is 23.1 Å². The van der Waals surface area contributed by atoms with Crippen molar-refractivity contribution in [1.29, 1.82) is 0 Å². The van der Waals surface area contributed by atoms with Crippen LogP contribution in [0.3, 0.4) is 0 Å². The maximum absolute atomic E-state index is 15.7. The Hall–Kier alpha value is -3.98. The monoisotopic (exact) mass is 555 g/mol. The molecular formula is C39H40FN2+. The van der Waals surface area contributed by atoms with Crippen molar-refractivity contribution >= 4 is 49.0 Å². The second kappa shape index (κ2) is 9.26. The zero-order valence-corrected chi connectivity index (χ0v) is 26.3. The van der Waals surface area contributed by atoms with Gasteiger partial charge in [-0.1, -0.05) is 59.7 Å². The Bertz CT molecular complexity index is 2180. The van der Waals surface area contributed by atoms with Gasteiger partial charge in [-0.2, -0.15) is 0 Å². The Kier molecular flexibility index (Phi) is 5.93. The Morgan fingerprint density at radius 2 is 1.43 bits per heavy atom. The van der Waals surface area contributed by atoms with E-state index in [-0.39, 0.29) is 5.82 Å². The molecule has 4 aromatic carbocycles. The third kappa shape index (κ3) is 3.58. The highest BCUT2D eigenvalue weighted by Gasteiger charge is 2.27. The summed E-state index contributed by atoms with van der Waals surface area (Å²) in [6.45, 7) is 18.2. The van der Waals surface area contributed by atoms with Gasteiger partial charge >= 0.3 is 0 Å². The fraction of sp³-hybridized carbons (Fsp3) is 0.308. The maximum atomic E-state index is 15.7. The zero-order valence-electron chi connectivity index (χ0n) is 26.3. The summed E-state index contributed by atoms with van der Waals surface area (Å²) in [6, 6.07) is 19.6. The third-order valence-corrected chi connectivity index (χ3v) is 9.66.